The van der Waals surface area contributed by atoms with E-state index in [1.807, 2.05) is 37.3 Å². The molecule has 5 heteroatoms. The molecule has 4 nitrogen and oxygen atoms in total. The Morgan fingerprint density at radius 3 is 2.71 bits per heavy atom. The number of ether oxygens (including phenoxy) is 2. The summed E-state index contributed by atoms with van der Waals surface area (Å²) >= 11 is 1.58. The second-order valence-corrected chi connectivity index (χ2v) is 7.76. The minimum atomic E-state index is 0.151. The first-order valence-electron chi connectivity index (χ1n) is 8.46. The van der Waals surface area contributed by atoms with Crippen LogP contribution in [0.1, 0.15) is 45.8 Å². The van der Waals surface area contributed by atoms with Crippen molar-refractivity contribution in [1.29, 1.82) is 0 Å². The lowest BCUT2D eigenvalue weighted by Gasteiger charge is -2.29. The predicted molar refractivity (Wildman–Crippen MR) is 93.8 cm³/mol. The van der Waals surface area contributed by atoms with Gasteiger partial charge in [-0.3, -0.25) is 4.79 Å². The fourth-order valence-corrected chi connectivity index (χ4v) is 4.33. The van der Waals surface area contributed by atoms with Gasteiger partial charge in [0.05, 0.1) is 4.88 Å². The SMILES string of the molecule is Cc1ccc(C(=O)N(Cc2ccc3c(c2)OCO3)C2CCCC2)s1. The molecule has 1 aromatic carbocycles. The van der Waals surface area contributed by atoms with Crippen LogP contribution in [0.4, 0.5) is 0 Å². The zero-order chi connectivity index (χ0) is 16.5. The second kappa shape index (κ2) is 6.48. The van der Waals surface area contributed by atoms with Crippen LogP contribution in [0.2, 0.25) is 0 Å². The Morgan fingerprint density at radius 1 is 1.17 bits per heavy atom. The van der Waals surface area contributed by atoms with Crippen molar-refractivity contribution in [3.8, 4) is 11.5 Å². The summed E-state index contributed by atoms with van der Waals surface area (Å²) in [4.78, 5) is 17.1. The van der Waals surface area contributed by atoms with Crippen molar-refractivity contribution in [2.75, 3.05) is 6.79 Å². The van der Waals surface area contributed by atoms with Gasteiger partial charge in [-0.05, 0) is 49.6 Å². The van der Waals surface area contributed by atoms with Gasteiger partial charge in [-0.1, -0.05) is 18.9 Å². The molecule has 1 amide bonds. The molecule has 2 heterocycles. The Morgan fingerprint density at radius 2 is 1.96 bits per heavy atom. The summed E-state index contributed by atoms with van der Waals surface area (Å²) < 4.78 is 10.8. The molecule has 0 bridgehead atoms. The fourth-order valence-electron chi connectivity index (χ4n) is 3.51. The fraction of sp³-hybridized carbons (Fsp3) is 0.421. The molecule has 0 atom stereocenters. The Bertz CT molecular complexity index is 749. The van der Waals surface area contributed by atoms with Crippen molar-refractivity contribution in [2.24, 2.45) is 0 Å². The average molecular weight is 343 g/mol. The Hall–Kier alpha value is -2.01. The smallest absolute Gasteiger partial charge is 0.264 e. The lowest BCUT2D eigenvalue weighted by molar-refractivity contribution is 0.0669. The molecule has 0 unspecified atom stereocenters. The van der Waals surface area contributed by atoms with Crippen LogP contribution in [-0.2, 0) is 6.54 Å². The number of hydrogen-bond donors (Lipinski definition) is 0. The summed E-state index contributed by atoms with van der Waals surface area (Å²) in [5.41, 5.74) is 1.09. The van der Waals surface area contributed by atoms with E-state index >= 15 is 0 Å². The van der Waals surface area contributed by atoms with Crippen molar-refractivity contribution in [2.45, 2.75) is 45.2 Å². The molecule has 2 aliphatic rings. The van der Waals surface area contributed by atoms with Crippen LogP contribution >= 0.6 is 11.3 Å². The van der Waals surface area contributed by atoms with Crippen molar-refractivity contribution in [1.82, 2.24) is 4.90 Å². The normalized spacial score (nSPS) is 16.5. The zero-order valence-electron chi connectivity index (χ0n) is 13.8. The molecule has 0 N–H and O–H groups in total. The van der Waals surface area contributed by atoms with Gasteiger partial charge in [-0.25, -0.2) is 0 Å². The van der Waals surface area contributed by atoms with E-state index in [2.05, 4.69) is 4.90 Å². The van der Waals surface area contributed by atoms with Crippen LogP contribution in [0, 0.1) is 6.92 Å². The lowest BCUT2D eigenvalue weighted by atomic mass is 10.1. The highest BCUT2D eigenvalue weighted by atomic mass is 32.1. The summed E-state index contributed by atoms with van der Waals surface area (Å²) in [6.45, 7) is 2.94. The average Bonchev–Trinajstić information content (AvgIpc) is 3.32. The second-order valence-electron chi connectivity index (χ2n) is 6.47. The topological polar surface area (TPSA) is 38.8 Å². The first kappa shape index (κ1) is 15.5. The molecule has 1 aromatic heterocycles. The van der Waals surface area contributed by atoms with E-state index in [1.54, 1.807) is 11.3 Å². The zero-order valence-corrected chi connectivity index (χ0v) is 14.6. The van der Waals surface area contributed by atoms with Crippen molar-refractivity contribution in [3.05, 3.63) is 45.6 Å². The molecule has 0 radical (unpaired) electrons. The van der Waals surface area contributed by atoms with Crippen molar-refractivity contribution >= 4 is 17.2 Å². The molecule has 2 aromatic rings. The molecule has 0 saturated heterocycles. The Kier molecular flexibility index (Phi) is 4.19. The standard InChI is InChI=1S/C19H21NO3S/c1-13-6-9-18(24-13)19(21)20(15-4-2-3-5-15)11-14-7-8-16-17(10-14)23-12-22-16/h6-10,15H,2-5,11-12H2,1H3. The maximum Gasteiger partial charge on any atom is 0.264 e. The highest BCUT2D eigenvalue weighted by molar-refractivity contribution is 7.13. The van der Waals surface area contributed by atoms with Gasteiger partial charge in [0.1, 0.15) is 0 Å². The summed E-state index contributed by atoms with van der Waals surface area (Å²) in [7, 11) is 0. The van der Waals surface area contributed by atoms with Gasteiger partial charge in [0, 0.05) is 17.5 Å². The van der Waals surface area contributed by atoms with E-state index in [0.717, 1.165) is 34.8 Å². The lowest BCUT2D eigenvalue weighted by Crippen LogP contribution is -2.37. The molecular formula is C19H21NO3S. The third-order valence-electron chi connectivity index (χ3n) is 4.77. The number of carbonyl (C=O) groups is 1. The molecule has 126 valence electrons. The maximum atomic E-state index is 13.1. The van der Waals surface area contributed by atoms with Crippen LogP contribution in [0.5, 0.6) is 11.5 Å². The number of hydrogen-bond acceptors (Lipinski definition) is 4. The van der Waals surface area contributed by atoms with Crippen LogP contribution < -0.4 is 9.47 Å². The number of benzene rings is 1. The minimum Gasteiger partial charge on any atom is -0.454 e. The van der Waals surface area contributed by atoms with E-state index in [4.69, 9.17) is 9.47 Å². The maximum absolute atomic E-state index is 13.1. The molecule has 24 heavy (non-hydrogen) atoms. The number of fused-ring (bicyclic) bond motifs is 1. The van der Waals surface area contributed by atoms with E-state index in [1.165, 1.54) is 17.7 Å². The monoisotopic (exact) mass is 343 g/mol. The van der Waals surface area contributed by atoms with Gasteiger partial charge in [0.2, 0.25) is 6.79 Å². The predicted octanol–water partition coefficient (Wildman–Crippen LogP) is 4.37. The van der Waals surface area contributed by atoms with E-state index < -0.39 is 0 Å². The summed E-state index contributed by atoms with van der Waals surface area (Å²) in [5, 5.41) is 0. The number of carbonyl (C=O) groups excluding carboxylic acids is 1. The first-order chi connectivity index (χ1) is 11.7. The molecule has 0 spiro atoms. The van der Waals surface area contributed by atoms with Crippen LogP contribution in [-0.4, -0.2) is 23.6 Å². The molecule has 1 saturated carbocycles. The summed E-state index contributed by atoms with van der Waals surface area (Å²) in [6, 6.07) is 10.3. The van der Waals surface area contributed by atoms with E-state index in [0.29, 0.717) is 12.6 Å². The van der Waals surface area contributed by atoms with Gasteiger partial charge in [-0.15, -0.1) is 11.3 Å². The van der Waals surface area contributed by atoms with Gasteiger partial charge in [-0.2, -0.15) is 0 Å². The molecule has 1 fully saturated rings. The third-order valence-corrected chi connectivity index (χ3v) is 5.76. The van der Waals surface area contributed by atoms with E-state index in [-0.39, 0.29) is 12.7 Å². The summed E-state index contributed by atoms with van der Waals surface area (Å²) in [5.74, 6) is 1.71. The van der Waals surface area contributed by atoms with E-state index in [9.17, 15) is 4.79 Å². The van der Waals surface area contributed by atoms with Gasteiger partial charge >= 0.3 is 0 Å². The largest absolute Gasteiger partial charge is 0.454 e. The third kappa shape index (κ3) is 3.00. The minimum absolute atomic E-state index is 0.151. The highest BCUT2D eigenvalue weighted by Gasteiger charge is 2.28. The van der Waals surface area contributed by atoms with Crippen molar-refractivity contribution in [3.63, 3.8) is 0 Å². The van der Waals surface area contributed by atoms with Crippen molar-refractivity contribution < 1.29 is 14.3 Å². The number of nitrogens with zero attached hydrogens (tertiary/aromatic N) is 1. The molecule has 1 aliphatic heterocycles. The number of aryl methyl sites for hydroxylation is 1. The number of rotatable bonds is 4. The van der Waals surface area contributed by atoms with Crippen LogP contribution in [0.3, 0.4) is 0 Å². The molecule has 1 aliphatic carbocycles. The highest BCUT2D eigenvalue weighted by Crippen LogP contribution is 2.34. The van der Waals surface area contributed by atoms with Gasteiger partial charge in [0.15, 0.2) is 11.5 Å². The molecular weight excluding hydrogens is 322 g/mol. The summed E-state index contributed by atoms with van der Waals surface area (Å²) in [6.07, 6.45) is 4.61. The molecule has 4 rings (SSSR count). The number of thiophene rings is 1. The first-order valence-corrected chi connectivity index (χ1v) is 9.28. The Labute approximate surface area is 146 Å². The Balaban J connectivity index is 1.59. The number of amides is 1. The van der Waals surface area contributed by atoms with Crippen LogP contribution in [0.25, 0.3) is 0 Å². The van der Waals surface area contributed by atoms with Crippen LogP contribution in [0.15, 0.2) is 30.3 Å². The van der Waals surface area contributed by atoms with Gasteiger partial charge in [0.25, 0.3) is 5.91 Å². The quantitative estimate of drug-likeness (QED) is 0.827. The van der Waals surface area contributed by atoms with Gasteiger partial charge < -0.3 is 14.4 Å².